The van der Waals surface area contributed by atoms with Crippen LogP contribution in [0.3, 0.4) is 0 Å². The van der Waals surface area contributed by atoms with E-state index in [1.165, 1.54) is 12.7 Å². The van der Waals surface area contributed by atoms with E-state index in [0.717, 1.165) is 22.4 Å². The summed E-state index contributed by atoms with van der Waals surface area (Å²) in [5.74, 6) is 1.34. The molecular formula is C18H19NO3. The lowest BCUT2D eigenvalue weighted by Gasteiger charge is -2.09. The molecule has 22 heavy (non-hydrogen) atoms. The van der Waals surface area contributed by atoms with Crippen LogP contribution in [0.15, 0.2) is 35.5 Å². The van der Waals surface area contributed by atoms with Gasteiger partial charge in [0.1, 0.15) is 17.2 Å². The third kappa shape index (κ3) is 3.34. The molecule has 2 rings (SSSR count). The van der Waals surface area contributed by atoms with Crippen molar-refractivity contribution in [1.29, 1.82) is 0 Å². The largest absolute Gasteiger partial charge is 0.496 e. The Labute approximate surface area is 130 Å². The van der Waals surface area contributed by atoms with Gasteiger partial charge >= 0.3 is 0 Å². The quantitative estimate of drug-likeness (QED) is 0.583. The SMILES string of the molecule is COc1ccc(/C=C\c2cc(C)c(C)c(OC)c2)cc1N=O. The minimum atomic E-state index is 0.294. The maximum atomic E-state index is 10.8. The van der Waals surface area contributed by atoms with Gasteiger partial charge in [-0.15, -0.1) is 4.91 Å². The van der Waals surface area contributed by atoms with E-state index in [9.17, 15) is 4.91 Å². The van der Waals surface area contributed by atoms with E-state index < -0.39 is 0 Å². The van der Waals surface area contributed by atoms with Crippen LogP contribution >= 0.6 is 0 Å². The zero-order valence-corrected chi connectivity index (χ0v) is 13.2. The van der Waals surface area contributed by atoms with Gasteiger partial charge in [0, 0.05) is 0 Å². The van der Waals surface area contributed by atoms with Crippen LogP contribution in [-0.2, 0) is 0 Å². The highest BCUT2D eigenvalue weighted by atomic mass is 16.5. The minimum absolute atomic E-state index is 0.294. The number of ether oxygens (including phenoxy) is 2. The Morgan fingerprint density at radius 2 is 1.59 bits per heavy atom. The van der Waals surface area contributed by atoms with Gasteiger partial charge < -0.3 is 9.47 Å². The summed E-state index contributed by atoms with van der Waals surface area (Å²) in [6.45, 7) is 4.09. The highest BCUT2D eigenvalue weighted by molar-refractivity contribution is 5.73. The number of hydrogen-bond donors (Lipinski definition) is 0. The molecule has 0 N–H and O–H groups in total. The van der Waals surface area contributed by atoms with Crippen LogP contribution in [0.5, 0.6) is 11.5 Å². The van der Waals surface area contributed by atoms with E-state index in [-0.39, 0.29) is 0 Å². The molecule has 0 fully saturated rings. The highest BCUT2D eigenvalue weighted by Gasteiger charge is 2.04. The van der Waals surface area contributed by atoms with Crippen molar-refractivity contribution in [2.24, 2.45) is 5.18 Å². The number of nitrogens with zero attached hydrogens (tertiary/aromatic N) is 1. The number of methoxy groups -OCH3 is 2. The molecule has 4 heteroatoms. The van der Waals surface area contributed by atoms with Gasteiger partial charge in [0.25, 0.3) is 0 Å². The van der Waals surface area contributed by atoms with Gasteiger partial charge in [0.15, 0.2) is 0 Å². The van der Waals surface area contributed by atoms with Crippen LogP contribution in [-0.4, -0.2) is 14.2 Å². The van der Waals surface area contributed by atoms with E-state index >= 15 is 0 Å². The van der Waals surface area contributed by atoms with Gasteiger partial charge in [0.2, 0.25) is 0 Å². The number of rotatable bonds is 5. The van der Waals surface area contributed by atoms with Crippen LogP contribution < -0.4 is 9.47 Å². The fourth-order valence-corrected chi connectivity index (χ4v) is 2.24. The summed E-state index contributed by atoms with van der Waals surface area (Å²) in [6.07, 6.45) is 3.91. The van der Waals surface area contributed by atoms with Crippen molar-refractivity contribution in [2.45, 2.75) is 13.8 Å². The van der Waals surface area contributed by atoms with E-state index in [4.69, 9.17) is 9.47 Å². The number of benzene rings is 2. The van der Waals surface area contributed by atoms with Crippen LogP contribution in [0.25, 0.3) is 12.2 Å². The summed E-state index contributed by atoms with van der Waals surface area (Å²) in [5, 5.41) is 2.98. The first-order valence-electron chi connectivity index (χ1n) is 6.93. The van der Waals surface area contributed by atoms with E-state index in [0.29, 0.717) is 11.4 Å². The maximum absolute atomic E-state index is 10.8. The van der Waals surface area contributed by atoms with Crippen LogP contribution in [0.4, 0.5) is 5.69 Å². The molecule has 0 aliphatic carbocycles. The van der Waals surface area contributed by atoms with Crippen molar-refractivity contribution in [1.82, 2.24) is 0 Å². The zero-order valence-electron chi connectivity index (χ0n) is 13.2. The van der Waals surface area contributed by atoms with Gasteiger partial charge in [-0.2, -0.15) is 0 Å². The number of hydrogen-bond acceptors (Lipinski definition) is 4. The molecule has 0 saturated carbocycles. The van der Waals surface area contributed by atoms with Crippen molar-refractivity contribution in [3.8, 4) is 11.5 Å². The van der Waals surface area contributed by atoms with Gasteiger partial charge in [-0.1, -0.05) is 24.3 Å². The average Bonchev–Trinajstić information content (AvgIpc) is 2.55. The Kier molecular flexibility index (Phi) is 4.94. The predicted octanol–water partition coefficient (Wildman–Crippen LogP) is 4.89. The Bertz CT molecular complexity index is 721. The van der Waals surface area contributed by atoms with E-state index in [1.54, 1.807) is 19.2 Å². The minimum Gasteiger partial charge on any atom is -0.496 e. The third-order valence-electron chi connectivity index (χ3n) is 3.63. The first-order valence-corrected chi connectivity index (χ1v) is 6.93. The van der Waals surface area contributed by atoms with Crippen molar-refractivity contribution < 1.29 is 9.47 Å². The van der Waals surface area contributed by atoms with Gasteiger partial charge in [0.05, 0.1) is 14.2 Å². The lowest BCUT2D eigenvalue weighted by molar-refractivity contribution is 0.411. The first-order chi connectivity index (χ1) is 10.6. The standard InChI is InChI=1S/C18H19NO3/c1-12-9-15(11-18(22-4)13(12)2)6-5-14-7-8-17(21-3)16(10-14)19-20/h5-11H,1-4H3/b6-5-. The van der Waals surface area contributed by atoms with Crippen molar-refractivity contribution in [3.05, 3.63) is 57.5 Å². The fourth-order valence-electron chi connectivity index (χ4n) is 2.24. The summed E-state index contributed by atoms with van der Waals surface area (Å²) in [4.78, 5) is 10.8. The lowest BCUT2D eigenvalue weighted by Crippen LogP contribution is -1.91. The second kappa shape index (κ2) is 6.89. The molecule has 114 valence electrons. The Morgan fingerprint density at radius 1 is 0.909 bits per heavy atom. The van der Waals surface area contributed by atoms with Crippen molar-refractivity contribution >= 4 is 17.8 Å². The Hall–Kier alpha value is -2.62. The van der Waals surface area contributed by atoms with Crippen LogP contribution in [0.1, 0.15) is 22.3 Å². The second-order valence-corrected chi connectivity index (χ2v) is 5.02. The first kappa shape index (κ1) is 15.8. The lowest BCUT2D eigenvalue weighted by atomic mass is 10.0. The van der Waals surface area contributed by atoms with Gasteiger partial charge in [-0.25, -0.2) is 0 Å². The summed E-state index contributed by atoms with van der Waals surface area (Å²) >= 11 is 0. The Balaban J connectivity index is 2.32. The molecule has 0 aromatic heterocycles. The van der Waals surface area contributed by atoms with Crippen molar-refractivity contribution in [2.75, 3.05) is 14.2 Å². The average molecular weight is 297 g/mol. The summed E-state index contributed by atoms with van der Waals surface area (Å²) < 4.78 is 10.5. The topological polar surface area (TPSA) is 47.9 Å². The smallest absolute Gasteiger partial charge is 0.150 e. The summed E-state index contributed by atoms with van der Waals surface area (Å²) in [5.41, 5.74) is 4.52. The molecule has 0 spiro atoms. The molecular weight excluding hydrogens is 278 g/mol. The molecule has 4 nitrogen and oxygen atoms in total. The predicted molar refractivity (Wildman–Crippen MR) is 89.8 cm³/mol. The molecule has 0 aliphatic heterocycles. The van der Waals surface area contributed by atoms with E-state index in [1.807, 2.05) is 31.2 Å². The number of nitroso groups, excluding NO2 is 1. The van der Waals surface area contributed by atoms with E-state index in [2.05, 4.69) is 18.2 Å². The van der Waals surface area contributed by atoms with Gasteiger partial charge in [-0.05, 0) is 59.5 Å². The monoisotopic (exact) mass is 297 g/mol. The van der Waals surface area contributed by atoms with Gasteiger partial charge in [-0.3, -0.25) is 0 Å². The summed E-state index contributed by atoms with van der Waals surface area (Å²) in [7, 11) is 3.18. The molecule has 0 amide bonds. The van der Waals surface area contributed by atoms with Crippen LogP contribution in [0.2, 0.25) is 0 Å². The second-order valence-electron chi connectivity index (χ2n) is 5.02. The zero-order chi connectivity index (χ0) is 16.1. The molecule has 0 saturated heterocycles. The highest BCUT2D eigenvalue weighted by Crippen LogP contribution is 2.29. The molecule has 2 aromatic rings. The number of aryl methyl sites for hydroxylation is 1. The summed E-state index contributed by atoms with van der Waals surface area (Å²) in [6, 6.07) is 9.39. The molecule has 0 aliphatic rings. The molecule has 0 heterocycles. The normalized spacial score (nSPS) is 10.7. The van der Waals surface area contributed by atoms with Crippen molar-refractivity contribution in [3.63, 3.8) is 0 Å². The third-order valence-corrected chi connectivity index (χ3v) is 3.63. The molecule has 0 unspecified atom stereocenters. The molecule has 2 aromatic carbocycles. The molecule has 0 atom stereocenters. The Morgan fingerprint density at radius 3 is 2.23 bits per heavy atom. The van der Waals surface area contributed by atoms with Crippen LogP contribution in [0, 0.1) is 18.8 Å². The maximum Gasteiger partial charge on any atom is 0.150 e. The molecule has 0 bridgehead atoms. The fraction of sp³-hybridized carbons (Fsp3) is 0.222. The molecule has 0 radical (unpaired) electrons.